The van der Waals surface area contributed by atoms with E-state index in [0.29, 0.717) is 19.5 Å². The first-order chi connectivity index (χ1) is 10.1. The van der Waals surface area contributed by atoms with Gasteiger partial charge in [-0.2, -0.15) is 0 Å². The van der Waals surface area contributed by atoms with E-state index in [2.05, 4.69) is 10.2 Å². The fourth-order valence-corrected chi connectivity index (χ4v) is 2.18. The molecule has 0 aromatic heterocycles. The molecule has 21 heavy (non-hydrogen) atoms. The smallest absolute Gasteiger partial charge is 0.220 e. The Morgan fingerprint density at radius 3 is 2.76 bits per heavy atom. The van der Waals surface area contributed by atoms with Crippen LogP contribution in [-0.4, -0.2) is 45.1 Å². The number of methoxy groups -OCH3 is 1. The number of nitrogens with zero attached hydrogens (tertiary/aromatic N) is 1. The first kappa shape index (κ1) is 17.5. The molecule has 1 aromatic rings. The molecular formula is C16H27N3O2. The largest absolute Gasteiger partial charge is 0.497 e. The molecule has 0 aliphatic heterocycles. The van der Waals surface area contributed by atoms with Gasteiger partial charge in [0.05, 0.1) is 13.2 Å². The molecular weight excluding hydrogens is 266 g/mol. The molecule has 0 spiro atoms. The van der Waals surface area contributed by atoms with Crippen molar-refractivity contribution in [1.29, 1.82) is 0 Å². The lowest BCUT2D eigenvalue weighted by Gasteiger charge is -2.25. The standard InChI is InChI=1S/C16H27N3O2/c1-19(2)15(12-18-16(20)9-4-5-10-17)13-7-6-8-14(11-13)21-3/h6-8,11,15H,4-5,9-10,12,17H2,1-3H3,(H,18,20). The Labute approximate surface area is 127 Å². The molecule has 3 N–H and O–H groups in total. The lowest BCUT2D eigenvalue weighted by Crippen LogP contribution is -2.34. The van der Waals surface area contributed by atoms with Crippen LogP contribution in [0.3, 0.4) is 0 Å². The van der Waals surface area contributed by atoms with Crippen LogP contribution in [0.15, 0.2) is 24.3 Å². The molecule has 0 radical (unpaired) electrons. The maximum absolute atomic E-state index is 11.8. The van der Waals surface area contributed by atoms with Crippen molar-refractivity contribution in [2.75, 3.05) is 34.3 Å². The van der Waals surface area contributed by atoms with Crippen LogP contribution in [0.25, 0.3) is 0 Å². The third-order valence-electron chi connectivity index (χ3n) is 3.45. The van der Waals surface area contributed by atoms with Gasteiger partial charge >= 0.3 is 0 Å². The van der Waals surface area contributed by atoms with Crippen molar-refractivity contribution in [3.63, 3.8) is 0 Å². The van der Waals surface area contributed by atoms with Crippen LogP contribution >= 0.6 is 0 Å². The SMILES string of the molecule is COc1cccc(C(CNC(=O)CCCCN)N(C)C)c1. The van der Waals surface area contributed by atoms with Gasteiger partial charge in [0.15, 0.2) is 0 Å². The van der Waals surface area contributed by atoms with Crippen LogP contribution in [0.5, 0.6) is 5.75 Å². The maximum atomic E-state index is 11.8. The van der Waals surface area contributed by atoms with Crippen LogP contribution in [0.4, 0.5) is 0 Å². The van der Waals surface area contributed by atoms with Gasteiger partial charge in [-0.05, 0) is 51.2 Å². The second kappa shape index (κ2) is 9.37. The van der Waals surface area contributed by atoms with Gasteiger partial charge in [0.1, 0.15) is 5.75 Å². The van der Waals surface area contributed by atoms with E-state index in [1.165, 1.54) is 0 Å². The van der Waals surface area contributed by atoms with Gasteiger partial charge in [0, 0.05) is 13.0 Å². The Hall–Kier alpha value is -1.59. The van der Waals surface area contributed by atoms with Gasteiger partial charge in [0.2, 0.25) is 5.91 Å². The van der Waals surface area contributed by atoms with E-state index in [1.807, 2.05) is 38.4 Å². The number of nitrogens with two attached hydrogens (primary N) is 1. The average Bonchev–Trinajstić information content (AvgIpc) is 2.47. The Morgan fingerprint density at radius 2 is 2.14 bits per heavy atom. The van der Waals surface area contributed by atoms with Crippen molar-refractivity contribution in [1.82, 2.24) is 10.2 Å². The first-order valence-electron chi connectivity index (χ1n) is 7.35. The van der Waals surface area contributed by atoms with E-state index in [-0.39, 0.29) is 11.9 Å². The summed E-state index contributed by atoms with van der Waals surface area (Å²) in [5.41, 5.74) is 6.56. The van der Waals surface area contributed by atoms with Crippen LogP contribution in [0.1, 0.15) is 30.9 Å². The summed E-state index contributed by atoms with van der Waals surface area (Å²) in [6.45, 7) is 1.22. The van der Waals surface area contributed by atoms with E-state index in [9.17, 15) is 4.79 Å². The summed E-state index contributed by atoms with van der Waals surface area (Å²) in [5.74, 6) is 0.909. The molecule has 0 saturated carbocycles. The lowest BCUT2D eigenvalue weighted by atomic mass is 10.1. The molecule has 1 atom stereocenters. The minimum Gasteiger partial charge on any atom is -0.497 e. The normalized spacial score (nSPS) is 12.2. The zero-order valence-corrected chi connectivity index (χ0v) is 13.3. The van der Waals surface area contributed by atoms with Crippen molar-refractivity contribution in [3.8, 4) is 5.75 Å². The topological polar surface area (TPSA) is 67.6 Å². The van der Waals surface area contributed by atoms with Crippen LogP contribution in [0, 0.1) is 0 Å². The number of ether oxygens (including phenoxy) is 1. The summed E-state index contributed by atoms with van der Waals surface area (Å²) < 4.78 is 5.26. The second-order valence-corrected chi connectivity index (χ2v) is 5.31. The Morgan fingerprint density at radius 1 is 1.38 bits per heavy atom. The molecule has 1 rings (SSSR count). The minimum atomic E-state index is 0.0817. The molecule has 0 aliphatic carbocycles. The summed E-state index contributed by atoms with van der Waals surface area (Å²) in [6.07, 6.45) is 2.27. The number of amides is 1. The monoisotopic (exact) mass is 293 g/mol. The molecule has 5 heteroatoms. The highest BCUT2D eigenvalue weighted by atomic mass is 16.5. The van der Waals surface area contributed by atoms with Crippen molar-refractivity contribution in [2.24, 2.45) is 5.73 Å². The van der Waals surface area contributed by atoms with Crippen molar-refractivity contribution in [3.05, 3.63) is 29.8 Å². The number of hydrogen-bond donors (Lipinski definition) is 2. The summed E-state index contributed by atoms with van der Waals surface area (Å²) in [6, 6.07) is 8.06. The van der Waals surface area contributed by atoms with Crippen molar-refractivity contribution < 1.29 is 9.53 Å². The molecule has 0 heterocycles. The lowest BCUT2D eigenvalue weighted by molar-refractivity contribution is -0.121. The number of nitrogens with one attached hydrogen (secondary N) is 1. The molecule has 1 unspecified atom stereocenters. The molecule has 0 aliphatic rings. The molecule has 118 valence electrons. The zero-order chi connectivity index (χ0) is 15.7. The van der Waals surface area contributed by atoms with E-state index in [4.69, 9.17) is 10.5 Å². The van der Waals surface area contributed by atoms with E-state index < -0.39 is 0 Å². The number of hydrogen-bond acceptors (Lipinski definition) is 4. The average molecular weight is 293 g/mol. The molecule has 0 bridgehead atoms. The van der Waals surface area contributed by atoms with Gasteiger partial charge in [-0.15, -0.1) is 0 Å². The van der Waals surface area contributed by atoms with Crippen molar-refractivity contribution in [2.45, 2.75) is 25.3 Å². The summed E-state index contributed by atoms with van der Waals surface area (Å²) in [7, 11) is 5.67. The van der Waals surface area contributed by atoms with Gasteiger partial charge in [-0.25, -0.2) is 0 Å². The van der Waals surface area contributed by atoms with Crippen molar-refractivity contribution >= 4 is 5.91 Å². The summed E-state index contributed by atoms with van der Waals surface area (Å²) in [4.78, 5) is 13.9. The molecule has 1 amide bonds. The number of carbonyl (C=O) groups is 1. The predicted octanol–water partition coefficient (Wildman–Crippen LogP) is 1.54. The highest BCUT2D eigenvalue weighted by molar-refractivity contribution is 5.75. The fraction of sp³-hybridized carbons (Fsp3) is 0.562. The fourth-order valence-electron chi connectivity index (χ4n) is 2.18. The van der Waals surface area contributed by atoms with Crippen LogP contribution in [-0.2, 0) is 4.79 Å². The number of benzene rings is 1. The van der Waals surface area contributed by atoms with Gasteiger partial charge in [-0.1, -0.05) is 12.1 Å². The van der Waals surface area contributed by atoms with E-state index in [0.717, 1.165) is 24.2 Å². The Kier molecular flexibility index (Phi) is 7.79. The Bertz CT molecular complexity index is 435. The third-order valence-corrected chi connectivity index (χ3v) is 3.45. The molecule has 0 fully saturated rings. The maximum Gasteiger partial charge on any atom is 0.220 e. The van der Waals surface area contributed by atoms with E-state index >= 15 is 0 Å². The summed E-state index contributed by atoms with van der Waals surface area (Å²) >= 11 is 0. The van der Waals surface area contributed by atoms with Crippen LogP contribution < -0.4 is 15.8 Å². The van der Waals surface area contributed by atoms with Gasteiger partial charge in [-0.3, -0.25) is 4.79 Å². The molecule has 0 saturated heterocycles. The number of likely N-dealkylation sites (N-methyl/N-ethyl adjacent to an activating group) is 1. The van der Waals surface area contributed by atoms with E-state index in [1.54, 1.807) is 7.11 Å². The highest BCUT2D eigenvalue weighted by Crippen LogP contribution is 2.22. The molecule has 1 aromatic carbocycles. The number of unbranched alkanes of at least 4 members (excludes halogenated alkanes) is 1. The quantitative estimate of drug-likeness (QED) is 0.678. The number of rotatable bonds is 9. The second-order valence-electron chi connectivity index (χ2n) is 5.31. The minimum absolute atomic E-state index is 0.0817. The zero-order valence-electron chi connectivity index (χ0n) is 13.3. The first-order valence-corrected chi connectivity index (χ1v) is 7.35. The third kappa shape index (κ3) is 6.14. The van der Waals surface area contributed by atoms with Gasteiger partial charge < -0.3 is 20.7 Å². The van der Waals surface area contributed by atoms with Gasteiger partial charge in [0.25, 0.3) is 0 Å². The molecule has 5 nitrogen and oxygen atoms in total. The predicted molar refractivity (Wildman–Crippen MR) is 85.3 cm³/mol. The van der Waals surface area contributed by atoms with Crippen LogP contribution in [0.2, 0.25) is 0 Å². The summed E-state index contributed by atoms with van der Waals surface area (Å²) in [5, 5.41) is 3.00. The highest BCUT2D eigenvalue weighted by Gasteiger charge is 2.15. The Balaban J connectivity index is 2.59. The number of carbonyl (C=O) groups excluding carboxylic acids is 1.